The van der Waals surface area contributed by atoms with E-state index in [-0.39, 0.29) is 23.0 Å². The summed E-state index contributed by atoms with van der Waals surface area (Å²) in [4.78, 5) is 25.0. The molecule has 1 unspecified atom stereocenters. The molecule has 32 heavy (non-hydrogen) atoms. The molecule has 0 radical (unpaired) electrons. The summed E-state index contributed by atoms with van der Waals surface area (Å²) in [5.74, 6) is 0.491. The summed E-state index contributed by atoms with van der Waals surface area (Å²) >= 11 is 5.27. The van der Waals surface area contributed by atoms with E-state index in [0.717, 1.165) is 19.4 Å². The number of anilines is 1. The summed E-state index contributed by atoms with van der Waals surface area (Å²) in [5.41, 5.74) is 1.55. The third-order valence-corrected chi connectivity index (χ3v) is 5.01. The van der Waals surface area contributed by atoms with Crippen molar-refractivity contribution in [3.05, 3.63) is 59.7 Å². The molecule has 170 valence electrons. The first kappa shape index (κ1) is 23.7. The number of nitrogens with one attached hydrogen (secondary N) is 3. The van der Waals surface area contributed by atoms with E-state index in [2.05, 4.69) is 29.8 Å². The smallest absolute Gasteiger partial charge is 0.257 e. The molecule has 0 saturated carbocycles. The van der Waals surface area contributed by atoms with Crippen LogP contribution in [0.5, 0.6) is 5.75 Å². The van der Waals surface area contributed by atoms with Crippen LogP contribution in [0.25, 0.3) is 0 Å². The molecule has 0 bridgehead atoms. The van der Waals surface area contributed by atoms with Gasteiger partial charge in [-0.1, -0.05) is 26.0 Å². The molecule has 2 amide bonds. The quantitative estimate of drug-likeness (QED) is 0.526. The minimum atomic E-state index is -0.344. The Hall–Kier alpha value is -2.97. The number of amides is 2. The van der Waals surface area contributed by atoms with Crippen molar-refractivity contribution in [2.75, 3.05) is 25.1 Å². The zero-order valence-electron chi connectivity index (χ0n) is 18.4. The first-order valence-corrected chi connectivity index (χ1v) is 11.2. The predicted octanol–water partition coefficient (Wildman–Crippen LogP) is 3.76. The minimum absolute atomic E-state index is 0.0809. The highest BCUT2D eigenvalue weighted by Crippen LogP contribution is 2.15. The Morgan fingerprint density at radius 1 is 1.12 bits per heavy atom. The fourth-order valence-electron chi connectivity index (χ4n) is 3.18. The van der Waals surface area contributed by atoms with E-state index in [9.17, 15) is 9.59 Å². The molecule has 1 fully saturated rings. The van der Waals surface area contributed by atoms with Gasteiger partial charge in [-0.15, -0.1) is 0 Å². The number of thiocarbonyl (C=S) groups is 1. The second-order valence-corrected chi connectivity index (χ2v) is 8.48. The van der Waals surface area contributed by atoms with Gasteiger partial charge in [0.1, 0.15) is 5.75 Å². The number of benzene rings is 2. The lowest BCUT2D eigenvalue weighted by Gasteiger charge is -2.13. The van der Waals surface area contributed by atoms with Crippen molar-refractivity contribution < 1.29 is 19.1 Å². The maximum atomic E-state index is 12.6. The van der Waals surface area contributed by atoms with Crippen molar-refractivity contribution in [2.45, 2.75) is 32.8 Å². The predicted molar refractivity (Wildman–Crippen MR) is 128 cm³/mol. The molecule has 3 rings (SSSR count). The minimum Gasteiger partial charge on any atom is -0.493 e. The lowest BCUT2D eigenvalue weighted by molar-refractivity contribution is 0.0857. The molecule has 1 aliphatic heterocycles. The molecule has 8 heteroatoms. The van der Waals surface area contributed by atoms with Gasteiger partial charge in [-0.2, -0.15) is 0 Å². The lowest BCUT2D eigenvalue weighted by Crippen LogP contribution is -2.34. The summed E-state index contributed by atoms with van der Waals surface area (Å²) < 4.78 is 11.2. The van der Waals surface area contributed by atoms with Crippen molar-refractivity contribution in [3.63, 3.8) is 0 Å². The van der Waals surface area contributed by atoms with Crippen molar-refractivity contribution in [1.82, 2.24) is 10.6 Å². The van der Waals surface area contributed by atoms with Crippen molar-refractivity contribution in [2.24, 2.45) is 5.92 Å². The van der Waals surface area contributed by atoms with Crippen LogP contribution in [0.2, 0.25) is 0 Å². The Balaban J connectivity index is 1.53. The van der Waals surface area contributed by atoms with E-state index < -0.39 is 0 Å². The van der Waals surface area contributed by atoms with Gasteiger partial charge in [0.05, 0.1) is 12.7 Å². The highest BCUT2D eigenvalue weighted by Gasteiger charge is 2.17. The summed E-state index contributed by atoms with van der Waals surface area (Å²) in [6, 6.07) is 13.9. The lowest BCUT2D eigenvalue weighted by atomic mass is 10.1. The molecule has 1 aliphatic rings. The topological polar surface area (TPSA) is 88.7 Å². The van der Waals surface area contributed by atoms with E-state index in [1.807, 2.05) is 6.07 Å². The third kappa shape index (κ3) is 7.32. The first-order valence-electron chi connectivity index (χ1n) is 10.8. The summed E-state index contributed by atoms with van der Waals surface area (Å²) in [6.07, 6.45) is 2.07. The second-order valence-electron chi connectivity index (χ2n) is 8.07. The van der Waals surface area contributed by atoms with Crippen LogP contribution >= 0.6 is 12.2 Å². The zero-order chi connectivity index (χ0) is 22.9. The molecule has 0 aliphatic carbocycles. The molecule has 0 aromatic heterocycles. The first-order chi connectivity index (χ1) is 15.4. The molecule has 2 aromatic carbocycles. The highest BCUT2D eigenvalue weighted by atomic mass is 32.1. The number of carbonyl (C=O) groups is 2. The number of ether oxygens (including phenoxy) is 2. The largest absolute Gasteiger partial charge is 0.493 e. The molecule has 0 spiro atoms. The average Bonchev–Trinajstić information content (AvgIpc) is 3.30. The van der Waals surface area contributed by atoms with Crippen molar-refractivity contribution >= 4 is 34.8 Å². The Morgan fingerprint density at radius 3 is 2.59 bits per heavy atom. The molecule has 1 saturated heterocycles. The highest BCUT2D eigenvalue weighted by molar-refractivity contribution is 7.80. The number of hydrogen-bond donors (Lipinski definition) is 3. The van der Waals surface area contributed by atoms with Gasteiger partial charge in [0.15, 0.2) is 5.11 Å². The van der Waals surface area contributed by atoms with E-state index >= 15 is 0 Å². The Bertz CT molecular complexity index is 958. The Kier molecular flexibility index (Phi) is 8.58. The number of rotatable bonds is 8. The fourth-order valence-corrected chi connectivity index (χ4v) is 3.39. The van der Waals surface area contributed by atoms with Crippen LogP contribution in [0.15, 0.2) is 48.5 Å². The van der Waals surface area contributed by atoms with Gasteiger partial charge in [-0.05, 0) is 67.4 Å². The summed E-state index contributed by atoms with van der Waals surface area (Å²) in [7, 11) is 0. The standard InChI is InChI=1S/C24H29N3O4S/c1-16(2)15-31-20-9-4-7-18(13-20)23(29)27-24(32)26-19-8-3-6-17(12-19)22(28)25-14-21-10-5-11-30-21/h3-4,6-9,12-13,16,21H,5,10-11,14-15H2,1-2H3,(H,25,28)(H2,26,27,29,32). The van der Waals surface area contributed by atoms with Gasteiger partial charge >= 0.3 is 0 Å². The van der Waals surface area contributed by atoms with Gasteiger partial charge in [-0.3, -0.25) is 14.9 Å². The average molecular weight is 456 g/mol. The van der Waals surface area contributed by atoms with Crippen LogP contribution in [0.1, 0.15) is 47.4 Å². The van der Waals surface area contributed by atoms with Gasteiger partial charge in [0.25, 0.3) is 11.8 Å². The van der Waals surface area contributed by atoms with Crippen LogP contribution in [-0.2, 0) is 4.74 Å². The molecular formula is C24H29N3O4S. The fraction of sp³-hybridized carbons (Fsp3) is 0.375. The van der Waals surface area contributed by atoms with Gasteiger partial charge < -0.3 is 20.1 Å². The normalized spacial score (nSPS) is 15.3. The van der Waals surface area contributed by atoms with Crippen LogP contribution in [0.4, 0.5) is 5.69 Å². The van der Waals surface area contributed by atoms with E-state index in [1.54, 1.807) is 42.5 Å². The zero-order valence-corrected chi connectivity index (χ0v) is 19.2. The Labute approximate surface area is 193 Å². The number of carbonyl (C=O) groups excluding carboxylic acids is 2. The summed E-state index contributed by atoms with van der Waals surface area (Å²) in [6.45, 7) is 5.93. The van der Waals surface area contributed by atoms with Gasteiger partial charge in [0.2, 0.25) is 0 Å². The molecule has 3 N–H and O–H groups in total. The van der Waals surface area contributed by atoms with Crippen LogP contribution in [0.3, 0.4) is 0 Å². The van der Waals surface area contributed by atoms with E-state index in [4.69, 9.17) is 21.7 Å². The molecular weight excluding hydrogens is 426 g/mol. The van der Waals surface area contributed by atoms with Crippen molar-refractivity contribution in [1.29, 1.82) is 0 Å². The maximum Gasteiger partial charge on any atom is 0.257 e. The maximum absolute atomic E-state index is 12.6. The second kappa shape index (κ2) is 11.6. The van der Waals surface area contributed by atoms with Crippen LogP contribution in [-0.4, -0.2) is 42.8 Å². The van der Waals surface area contributed by atoms with Gasteiger partial charge in [-0.25, -0.2) is 0 Å². The van der Waals surface area contributed by atoms with Crippen LogP contribution < -0.4 is 20.7 Å². The number of hydrogen-bond acceptors (Lipinski definition) is 5. The van der Waals surface area contributed by atoms with Crippen LogP contribution in [0, 0.1) is 5.92 Å². The molecule has 2 aromatic rings. The summed E-state index contributed by atoms with van der Waals surface area (Å²) in [5, 5.41) is 8.64. The SMILES string of the molecule is CC(C)COc1cccc(C(=O)NC(=S)Nc2cccc(C(=O)NCC3CCCO3)c2)c1. The molecule has 1 atom stereocenters. The van der Waals surface area contributed by atoms with E-state index in [0.29, 0.717) is 41.6 Å². The Morgan fingerprint density at radius 2 is 1.88 bits per heavy atom. The van der Waals surface area contributed by atoms with E-state index in [1.165, 1.54) is 0 Å². The van der Waals surface area contributed by atoms with Gasteiger partial charge in [0, 0.05) is 30.0 Å². The van der Waals surface area contributed by atoms with Crippen molar-refractivity contribution in [3.8, 4) is 5.75 Å². The monoisotopic (exact) mass is 455 g/mol. The molecule has 7 nitrogen and oxygen atoms in total. The molecule has 1 heterocycles. The third-order valence-electron chi connectivity index (χ3n) is 4.80.